The number of halogens is 1. The van der Waals surface area contributed by atoms with Crippen molar-refractivity contribution in [2.45, 2.75) is 51.5 Å². The molecule has 1 aromatic rings. The van der Waals surface area contributed by atoms with Crippen LogP contribution in [-0.2, 0) is 6.54 Å². The Morgan fingerprint density at radius 3 is 2.38 bits per heavy atom. The van der Waals surface area contributed by atoms with E-state index in [0.29, 0.717) is 0 Å². The van der Waals surface area contributed by atoms with E-state index in [1.807, 2.05) is 24.8 Å². The van der Waals surface area contributed by atoms with E-state index in [-0.39, 0.29) is 24.0 Å². The Hall–Kier alpha value is -0.320. The van der Waals surface area contributed by atoms with Gasteiger partial charge in [-0.15, -0.1) is 30.6 Å². The van der Waals surface area contributed by atoms with Gasteiger partial charge in [-0.25, -0.2) is 4.98 Å². The topological polar surface area (TPSA) is 17.8 Å². The molecule has 0 saturated carbocycles. The number of rotatable bonds is 9. The Balaban J connectivity index is 0.00000225. The van der Waals surface area contributed by atoms with Gasteiger partial charge in [-0.3, -0.25) is 0 Å². The lowest BCUT2D eigenvalue weighted by Gasteiger charge is -2.02. The molecular weight excluding hydrogens is 311 g/mol. The van der Waals surface area contributed by atoms with Crippen LogP contribution in [0, 0.1) is 0 Å². The lowest BCUT2D eigenvalue weighted by atomic mass is 10.1. The van der Waals surface area contributed by atoms with Gasteiger partial charge in [-0.1, -0.05) is 31.8 Å². The van der Waals surface area contributed by atoms with Crippen LogP contribution in [0.2, 0.25) is 0 Å². The molecule has 2 nitrogen and oxygen atoms in total. The van der Waals surface area contributed by atoms with Gasteiger partial charge in [0, 0.05) is 18.9 Å². The van der Waals surface area contributed by atoms with Crippen molar-refractivity contribution in [2.24, 2.45) is 0 Å². The van der Waals surface area contributed by atoms with Crippen molar-refractivity contribution in [3.05, 3.63) is 31.4 Å². The molecule has 0 N–H and O–H groups in total. The van der Waals surface area contributed by atoms with Crippen LogP contribution in [-0.4, -0.2) is 9.55 Å². The molecule has 0 unspecified atom stereocenters. The van der Waals surface area contributed by atoms with E-state index in [2.05, 4.69) is 16.1 Å². The summed E-state index contributed by atoms with van der Waals surface area (Å²) in [5.74, 6) is 0. The minimum absolute atomic E-state index is 0. The van der Waals surface area contributed by atoms with Crippen LogP contribution >= 0.6 is 24.0 Å². The highest BCUT2D eigenvalue weighted by molar-refractivity contribution is 14.0. The summed E-state index contributed by atoms with van der Waals surface area (Å²) in [6, 6.07) is 0. The SMILES string of the molecule is C=CCCCCCCCCn1ccnc1.I. The van der Waals surface area contributed by atoms with E-state index >= 15 is 0 Å². The van der Waals surface area contributed by atoms with E-state index < -0.39 is 0 Å². The van der Waals surface area contributed by atoms with Crippen LogP contribution in [0.3, 0.4) is 0 Å². The molecule has 3 heteroatoms. The molecule has 0 aliphatic carbocycles. The average Bonchev–Trinajstić information content (AvgIpc) is 2.75. The maximum atomic E-state index is 4.02. The standard InChI is InChI=1S/C13H22N2.HI/c1-2-3-4-5-6-7-8-9-11-15-12-10-14-13-15;/h2,10,12-13H,1,3-9,11H2;1H. The summed E-state index contributed by atoms with van der Waals surface area (Å²) in [5, 5.41) is 0. The number of aryl methyl sites for hydroxylation is 1. The van der Waals surface area contributed by atoms with Crippen LogP contribution < -0.4 is 0 Å². The van der Waals surface area contributed by atoms with Crippen LogP contribution in [0.4, 0.5) is 0 Å². The lowest BCUT2D eigenvalue weighted by Crippen LogP contribution is -1.93. The molecule has 0 aliphatic rings. The molecule has 0 saturated heterocycles. The highest BCUT2D eigenvalue weighted by Gasteiger charge is 1.92. The average molecular weight is 334 g/mol. The van der Waals surface area contributed by atoms with Crippen molar-refractivity contribution in [2.75, 3.05) is 0 Å². The van der Waals surface area contributed by atoms with E-state index in [4.69, 9.17) is 0 Å². The second kappa shape index (κ2) is 11.2. The second-order valence-corrected chi connectivity index (χ2v) is 4.00. The van der Waals surface area contributed by atoms with Gasteiger partial charge in [0.15, 0.2) is 0 Å². The van der Waals surface area contributed by atoms with Crippen molar-refractivity contribution < 1.29 is 0 Å². The second-order valence-electron chi connectivity index (χ2n) is 4.00. The van der Waals surface area contributed by atoms with Gasteiger partial charge < -0.3 is 4.57 Å². The number of imidazole rings is 1. The zero-order chi connectivity index (χ0) is 10.8. The lowest BCUT2D eigenvalue weighted by molar-refractivity contribution is 0.553. The van der Waals surface area contributed by atoms with Crippen molar-refractivity contribution in [1.82, 2.24) is 9.55 Å². The molecule has 92 valence electrons. The molecule has 0 bridgehead atoms. The zero-order valence-electron chi connectivity index (χ0n) is 9.98. The van der Waals surface area contributed by atoms with Gasteiger partial charge in [-0.05, 0) is 19.3 Å². The minimum Gasteiger partial charge on any atom is -0.337 e. The van der Waals surface area contributed by atoms with E-state index in [9.17, 15) is 0 Å². The first-order valence-electron chi connectivity index (χ1n) is 6.00. The normalized spacial score (nSPS) is 9.75. The third-order valence-electron chi connectivity index (χ3n) is 2.63. The molecule has 0 spiro atoms. The molecule has 0 aliphatic heterocycles. The Morgan fingerprint density at radius 2 is 1.75 bits per heavy atom. The molecule has 0 atom stereocenters. The van der Waals surface area contributed by atoms with Gasteiger partial charge >= 0.3 is 0 Å². The van der Waals surface area contributed by atoms with E-state index in [0.717, 1.165) is 6.54 Å². The van der Waals surface area contributed by atoms with Gasteiger partial charge in [-0.2, -0.15) is 0 Å². The highest BCUT2D eigenvalue weighted by atomic mass is 127. The Labute approximate surface area is 116 Å². The number of allylic oxidation sites excluding steroid dienone is 1. The fourth-order valence-electron chi connectivity index (χ4n) is 1.71. The zero-order valence-corrected chi connectivity index (χ0v) is 12.3. The molecule has 0 aromatic carbocycles. The maximum Gasteiger partial charge on any atom is 0.0945 e. The van der Waals surface area contributed by atoms with Crippen LogP contribution in [0.25, 0.3) is 0 Å². The number of unbranched alkanes of at least 4 members (excludes halogenated alkanes) is 6. The van der Waals surface area contributed by atoms with Gasteiger partial charge in [0.25, 0.3) is 0 Å². The van der Waals surface area contributed by atoms with Crippen molar-refractivity contribution in [1.29, 1.82) is 0 Å². The number of hydrogen-bond acceptors (Lipinski definition) is 1. The Kier molecular flexibility index (Phi) is 11.0. The molecular formula is C13H23IN2. The van der Waals surface area contributed by atoms with E-state index in [1.165, 1.54) is 44.9 Å². The monoisotopic (exact) mass is 334 g/mol. The molecule has 0 fully saturated rings. The number of aromatic nitrogens is 2. The van der Waals surface area contributed by atoms with Gasteiger partial charge in [0.2, 0.25) is 0 Å². The predicted molar refractivity (Wildman–Crippen MR) is 80.2 cm³/mol. The highest BCUT2D eigenvalue weighted by Crippen LogP contribution is 2.08. The van der Waals surface area contributed by atoms with Crippen LogP contribution in [0.5, 0.6) is 0 Å². The fourth-order valence-corrected chi connectivity index (χ4v) is 1.71. The molecule has 1 rings (SSSR count). The molecule has 16 heavy (non-hydrogen) atoms. The van der Waals surface area contributed by atoms with Crippen molar-refractivity contribution >= 4 is 24.0 Å². The third kappa shape index (κ3) is 7.91. The quantitative estimate of drug-likeness (QED) is 0.371. The summed E-state index contributed by atoms with van der Waals surface area (Å²) < 4.78 is 2.15. The summed E-state index contributed by atoms with van der Waals surface area (Å²) in [4.78, 5) is 4.02. The van der Waals surface area contributed by atoms with Gasteiger partial charge in [0.05, 0.1) is 6.33 Å². The summed E-state index contributed by atoms with van der Waals surface area (Å²) >= 11 is 0. The first-order valence-corrected chi connectivity index (χ1v) is 6.00. The van der Waals surface area contributed by atoms with Crippen molar-refractivity contribution in [3.8, 4) is 0 Å². The van der Waals surface area contributed by atoms with E-state index in [1.54, 1.807) is 0 Å². The molecule has 1 aromatic heterocycles. The molecule has 0 amide bonds. The fraction of sp³-hybridized carbons (Fsp3) is 0.615. The number of hydrogen-bond donors (Lipinski definition) is 0. The summed E-state index contributed by atoms with van der Waals surface area (Å²) in [7, 11) is 0. The summed E-state index contributed by atoms with van der Waals surface area (Å²) in [6.07, 6.45) is 17.0. The first kappa shape index (κ1) is 15.7. The summed E-state index contributed by atoms with van der Waals surface area (Å²) in [5.41, 5.74) is 0. The smallest absolute Gasteiger partial charge is 0.0945 e. The maximum absolute atomic E-state index is 4.02. The van der Waals surface area contributed by atoms with Gasteiger partial charge in [0.1, 0.15) is 0 Å². The first-order chi connectivity index (χ1) is 7.43. The molecule has 0 radical (unpaired) electrons. The molecule has 1 heterocycles. The predicted octanol–water partition coefficient (Wildman–Crippen LogP) is 4.42. The third-order valence-corrected chi connectivity index (χ3v) is 2.63. The number of nitrogens with zero attached hydrogens (tertiary/aromatic N) is 2. The van der Waals surface area contributed by atoms with Crippen LogP contribution in [0.15, 0.2) is 31.4 Å². The minimum atomic E-state index is 0. The Bertz CT molecular complexity index is 244. The summed E-state index contributed by atoms with van der Waals surface area (Å²) in [6.45, 7) is 4.85. The van der Waals surface area contributed by atoms with Crippen LogP contribution in [0.1, 0.15) is 44.9 Å². The Morgan fingerprint density at radius 1 is 1.06 bits per heavy atom. The van der Waals surface area contributed by atoms with Crippen molar-refractivity contribution in [3.63, 3.8) is 0 Å². The largest absolute Gasteiger partial charge is 0.337 e.